The van der Waals surface area contributed by atoms with E-state index in [9.17, 15) is 24.5 Å². The smallest absolute Gasteiger partial charge is 0.348 e. The van der Waals surface area contributed by atoms with Crippen molar-refractivity contribution < 1.29 is 38.3 Å². The topological polar surface area (TPSA) is 235 Å². The molecule has 0 bridgehead atoms. The molecule has 0 saturated carbocycles. The number of thiazole rings is 1. The van der Waals surface area contributed by atoms with Gasteiger partial charge in [-0.1, -0.05) is 23.7 Å². The van der Waals surface area contributed by atoms with Gasteiger partial charge in [0, 0.05) is 46.7 Å². The lowest BCUT2D eigenvalue weighted by atomic mass is 9.99. The van der Waals surface area contributed by atoms with Crippen LogP contribution in [-0.4, -0.2) is 114 Å². The van der Waals surface area contributed by atoms with Gasteiger partial charge in [0.2, 0.25) is 11.8 Å². The molecule has 0 spiro atoms. The zero-order chi connectivity index (χ0) is 45.8. The monoisotopic (exact) mass is 936 g/mol. The van der Waals surface area contributed by atoms with Gasteiger partial charge in [-0.15, -0.1) is 21.5 Å². The fraction of sp³-hybridized carbons (Fsp3) is 0.405. The third kappa shape index (κ3) is 12.5. The number of nitro groups is 1. The molecule has 3 aromatic heterocycles. The standard InChI is InChI=1S/C42H49ClN10O9S2/c1-24-26(3)63-41-36(24)37(29-6-8-30(43)9-7-29)48-34(38-51-50-27(4)52(38)41)23-35(55)45-13-15-60-17-19-62-21-20-61-18-16-59-14-12-44-31-10-11-32(33(22-31)47-28(5)54)39(56)49-42-46-25(2)40(64-42)53(57)58/h6-11,22,34,44H,12-21,23H2,1-5H3,(H,45,55)(H,47,54)(H,46,49,56)/t34-/m0/s1. The van der Waals surface area contributed by atoms with E-state index in [1.807, 2.05) is 35.8 Å². The number of aryl methyl sites for hydroxylation is 3. The summed E-state index contributed by atoms with van der Waals surface area (Å²) in [5, 5.41) is 32.8. The molecule has 6 rings (SSSR count). The summed E-state index contributed by atoms with van der Waals surface area (Å²) in [4.78, 5) is 58.9. The van der Waals surface area contributed by atoms with Crippen LogP contribution in [-0.2, 0) is 28.5 Å². The summed E-state index contributed by atoms with van der Waals surface area (Å²) >= 11 is 8.62. The van der Waals surface area contributed by atoms with Crippen molar-refractivity contribution in [2.75, 3.05) is 81.9 Å². The van der Waals surface area contributed by atoms with Crippen molar-refractivity contribution in [3.63, 3.8) is 0 Å². The predicted octanol–water partition coefficient (Wildman–Crippen LogP) is 6.37. The minimum Gasteiger partial charge on any atom is -0.383 e. The van der Waals surface area contributed by atoms with Gasteiger partial charge < -0.3 is 34.9 Å². The number of benzene rings is 2. The molecular weight excluding hydrogens is 888 g/mol. The molecule has 1 atom stereocenters. The Bertz CT molecular complexity index is 2490. The zero-order valence-electron chi connectivity index (χ0n) is 35.9. The Hall–Kier alpha value is -5.68. The highest BCUT2D eigenvalue weighted by atomic mass is 35.5. The average Bonchev–Trinajstić information content (AvgIpc) is 3.89. The molecule has 64 heavy (non-hydrogen) atoms. The van der Waals surface area contributed by atoms with E-state index in [1.165, 1.54) is 24.8 Å². The van der Waals surface area contributed by atoms with Gasteiger partial charge in [0.05, 0.1) is 81.2 Å². The van der Waals surface area contributed by atoms with Gasteiger partial charge in [0.25, 0.3) is 5.91 Å². The number of thiophene rings is 1. The number of aliphatic imine (C=N–C) groups is 1. The summed E-state index contributed by atoms with van der Waals surface area (Å²) in [5.74, 6) is 0.214. The van der Waals surface area contributed by atoms with Crippen LogP contribution in [0.3, 0.4) is 0 Å². The lowest BCUT2D eigenvalue weighted by Gasteiger charge is -2.13. The molecule has 22 heteroatoms. The van der Waals surface area contributed by atoms with E-state index >= 15 is 0 Å². The van der Waals surface area contributed by atoms with E-state index in [0.29, 0.717) is 82.5 Å². The van der Waals surface area contributed by atoms with Crippen LogP contribution in [0.1, 0.15) is 68.7 Å². The summed E-state index contributed by atoms with van der Waals surface area (Å²) in [6.45, 7) is 12.6. The Labute approximate surface area is 382 Å². The summed E-state index contributed by atoms with van der Waals surface area (Å²) in [6.07, 6.45) is 0.0852. The first-order valence-corrected chi connectivity index (χ1v) is 22.3. The number of aromatic nitrogens is 4. The molecular formula is C42H49ClN10O9S2. The summed E-state index contributed by atoms with van der Waals surface area (Å²) in [5.41, 5.74) is 5.08. The van der Waals surface area contributed by atoms with Crippen molar-refractivity contribution in [1.29, 1.82) is 0 Å². The van der Waals surface area contributed by atoms with Crippen molar-refractivity contribution in [2.24, 2.45) is 4.99 Å². The molecule has 5 aromatic rings. The zero-order valence-corrected chi connectivity index (χ0v) is 38.3. The number of rotatable bonds is 23. The first-order chi connectivity index (χ1) is 30.8. The molecule has 0 saturated heterocycles. The molecule has 4 heterocycles. The maximum atomic E-state index is 13.2. The molecule has 1 aliphatic heterocycles. The Balaban J connectivity index is 0.824. The van der Waals surface area contributed by atoms with Gasteiger partial charge in [0.1, 0.15) is 22.6 Å². The van der Waals surface area contributed by atoms with Crippen molar-refractivity contribution >= 4 is 79.2 Å². The summed E-state index contributed by atoms with van der Waals surface area (Å²) in [7, 11) is 0. The van der Waals surface area contributed by atoms with Crippen LogP contribution < -0.4 is 21.3 Å². The largest absolute Gasteiger partial charge is 0.383 e. The number of nitrogens with zero attached hydrogens (tertiary/aromatic N) is 6. The van der Waals surface area contributed by atoms with Gasteiger partial charge in [-0.25, -0.2) is 4.98 Å². The molecule has 0 unspecified atom stereocenters. The van der Waals surface area contributed by atoms with Crippen LogP contribution in [0, 0.1) is 37.8 Å². The third-order valence-corrected chi connectivity index (χ3v) is 12.2. The van der Waals surface area contributed by atoms with E-state index in [4.69, 9.17) is 35.5 Å². The minimum absolute atomic E-state index is 0.0788. The molecule has 0 aliphatic carbocycles. The number of ether oxygens (including phenoxy) is 4. The number of anilines is 3. The van der Waals surface area contributed by atoms with E-state index in [0.717, 1.165) is 44.6 Å². The van der Waals surface area contributed by atoms with Crippen molar-refractivity contribution in [3.05, 3.63) is 102 Å². The van der Waals surface area contributed by atoms with Crippen molar-refractivity contribution in [1.82, 2.24) is 25.1 Å². The maximum Gasteiger partial charge on any atom is 0.348 e. The Morgan fingerprint density at radius 2 is 1.52 bits per heavy atom. The van der Waals surface area contributed by atoms with Gasteiger partial charge in [-0.05, 0) is 74.9 Å². The lowest BCUT2D eigenvalue weighted by Crippen LogP contribution is -2.29. The number of hydrogen-bond acceptors (Lipinski definition) is 16. The molecule has 340 valence electrons. The second-order valence-electron chi connectivity index (χ2n) is 14.4. The fourth-order valence-electron chi connectivity index (χ4n) is 6.59. The van der Waals surface area contributed by atoms with E-state index in [1.54, 1.807) is 23.5 Å². The number of amides is 3. The van der Waals surface area contributed by atoms with Crippen LogP contribution in [0.4, 0.5) is 21.5 Å². The highest BCUT2D eigenvalue weighted by molar-refractivity contribution is 7.19. The summed E-state index contributed by atoms with van der Waals surface area (Å²) in [6, 6.07) is 11.8. The maximum absolute atomic E-state index is 13.2. The number of fused-ring (bicyclic) bond motifs is 3. The predicted molar refractivity (Wildman–Crippen MR) is 245 cm³/mol. The number of carbonyl (C=O) groups is 3. The highest BCUT2D eigenvalue weighted by Gasteiger charge is 2.32. The Morgan fingerprint density at radius 3 is 2.16 bits per heavy atom. The molecule has 4 N–H and O–H groups in total. The van der Waals surface area contributed by atoms with Gasteiger partial charge in [-0.3, -0.25) is 39.4 Å². The average molecular weight is 938 g/mol. The number of hydrogen-bond donors (Lipinski definition) is 4. The molecule has 0 radical (unpaired) electrons. The molecule has 19 nitrogen and oxygen atoms in total. The summed E-state index contributed by atoms with van der Waals surface area (Å²) < 4.78 is 24.5. The second kappa shape index (κ2) is 22.8. The SMILES string of the molecule is CC(=O)Nc1cc(NCCOCCOCCOCCOCCNC(=O)C[C@@H]2N=C(c3ccc(Cl)cc3)c3c(sc(C)c3C)-n3c(C)nnc32)ccc1C(=O)Nc1nc(C)c([N+](=O)[O-])s1. The number of carbonyl (C=O) groups excluding carboxylic acids is 3. The first-order valence-electron chi connectivity index (χ1n) is 20.3. The number of halogens is 1. The minimum atomic E-state index is -0.576. The second-order valence-corrected chi connectivity index (χ2v) is 17.0. The van der Waals surface area contributed by atoms with Crippen LogP contribution >= 0.6 is 34.3 Å². The molecule has 1 aliphatic rings. The third-order valence-electron chi connectivity index (χ3n) is 9.73. The molecule has 3 amide bonds. The molecule has 0 fully saturated rings. The lowest BCUT2D eigenvalue weighted by molar-refractivity contribution is -0.380. The fourth-order valence-corrected chi connectivity index (χ4v) is 8.71. The van der Waals surface area contributed by atoms with Crippen molar-refractivity contribution in [3.8, 4) is 5.00 Å². The van der Waals surface area contributed by atoms with Crippen LogP contribution in [0.2, 0.25) is 5.02 Å². The van der Waals surface area contributed by atoms with Crippen LogP contribution in [0.5, 0.6) is 0 Å². The highest BCUT2D eigenvalue weighted by Crippen LogP contribution is 2.39. The quantitative estimate of drug-likeness (QED) is 0.0317. The van der Waals surface area contributed by atoms with Crippen LogP contribution in [0.15, 0.2) is 47.5 Å². The van der Waals surface area contributed by atoms with Gasteiger partial charge in [0.15, 0.2) is 11.0 Å². The van der Waals surface area contributed by atoms with E-state index in [2.05, 4.69) is 50.3 Å². The van der Waals surface area contributed by atoms with Crippen LogP contribution in [0.25, 0.3) is 5.00 Å². The van der Waals surface area contributed by atoms with E-state index in [-0.39, 0.29) is 45.3 Å². The van der Waals surface area contributed by atoms with Gasteiger partial charge in [-0.2, -0.15) is 0 Å². The van der Waals surface area contributed by atoms with E-state index < -0.39 is 16.9 Å². The normalized spacial score (nSPS) is 13.1. The van der Waals surface area contributed by atoms with Gasteiger partial charge >= 0.3 is 5.00 Å². The molecule has 2 aromatic carbocycles. The number of nitrogens with one attached hydrogen (secondary N) is 4. The Morgan fingerprint density at radius 1 is 0.859 bits per heavy atom. The Kier molecular flexibility index (Phi) is 17.0. The van der Waals surface area contributed by atoms with Crippen molar-refractivity contribution in [2.45, 2.75) is 47.1 Å². The first kappa shape index (κ1) is 47.8.